The molecule has 0 aliphatic heterocycles. The molecule has 0 bridgehead atoms. The third-order valence-corrected chi connectivity index (χ3v) is 3.46. The van der Waals surface area contributed by atoms with E-state index in [0.29, 0.717) is 0 Å². The number of aliphatic hydroxyl groups is 1. The standard InChI is InChI=1S/C7H17NO7S2/c9-5-3-8(4-7-17(13,14)15)2-1-6-16(10,11)12/h9H,1-7H2,(H,10,11,12)(H,13,14,15). The Morgan fingerprint density at radius 2 is 1.35 bits per heavy atom. The molecule has 0 saturated heterocycles. The predicted molar refractivity (Wildman–Crippen MR) is 61.0 cm³/mol. The second kappa shape index (κ2) is 7.24. The zero-order chi connectivity index (χ0) is 13.5. The molecular formula is C7H17NO7S2. The minimum absolute atomic E-state index is 0.00906. The smallest absolute Gasteiger partial charge is 0.266 e. The first-order valence-corrected chi connectivity index (χ1v) is 8.09. The predicted octanol–water partition coefficient (Wildman–Crippen LogP) is -1.55. The quantitative estimate of drug-likeness (QED) is 0.435. The lowest BCUT2D eigenvalue weighted by molar-refractivity contribution is 0.202. The molecule has 104 valence electrons. The first-order valence-electron chi connectivity index (χ1n) is 4.87. The molecule has 0 aromatic rings. The van der Waals surface area contributed by atoms with E-state index in [2.05, 4.69) is 0 Å². The fourth-order valence-electron chi connectivity index (χ4n) is 1.19. The maximum Gasteiger partial charge on any atom is 0.266 e. The summed E-state index contributed by atoms with van der Waals surface area (Å²) in [5.41, 5.74) is 0. The van der Waals surface area contributed by atoms with E-state index in [0.717, 1.165) is 0 Å². The van der Waals surface area contributed by atoms with Gasteiger partial charge in [0, 0.05) is 13.1 Å². The normalized spacial score (nSPS) is 13.2. The summed E-state index contributed by atoms with van der Waals surface area (Å²) in [6.45, 7) is 0.152. The molecule has 0 rings (SSSR count). The fraction of sp³-hybridized carbons (Fsp3) is 1.00. The van der Waals surface area contributed by atoms with Crippen LogP contribution in [0, 0.1) is 0 Å². The van der Waals surface area contributed by atoms with Gasteiger partial charge in [0.05, 0.1) is 18.1 Å². The highest BCUT2D eigenvalue weighted by Gasteiger charge is 2.12. The average molecular weight is 291 g/mol. The van der Waals surface area contributed by atoms with Crippen LogP contribution in [-0.2, 0) is 20.2 Å². The van der Waals surface area contributed by atoms with Crippen LogP contribution in [-0.4, -0.2) is 73.7 Å². The molecule has 0 aliphatic rings. The van der Waals surface area contributed by atoms with Crippen molar-refractivity contribution in [2.45, 2.75) is 6.42 Å². The van der Waals surface area contributed by atoms with Crippen LogP contribution in [0.1, 0.15) is 6.42 Å². The Labute approximate surface area is 101 Å². The van der Waals surface area contributed by atoms with E-state index in [4.69, 9.17) is 14.2 Å². The number of hydrogen-bond acceptors (Lipinski definition) is 6. The van der Waals surface area contributed by atoms with Crippen LogP contribution in [0.15, 0.2) is 0 Å². The van der Waals surface area contributed by atoms with Gasteiger partial charge >= 0.3 is 0 Å². The molecule has 0 unspecified atom stereocenters. The number of hydrogen-bond donors (Lipinski definition) is 3. The van der Waals surface area contributed by atoms with E-state index in [1.54, 1.807) is 0 Å². The molecule has 0 aromatic carbocycles. The molecule has 10 heteroatoms. The van der Waals surface area contributed by atoms with E-state index in [-0.39, 0.29) is 32.7 Å². The monoisotopic (exact) mass is 291 g/mol. The lowest BCUT2D eigenvalue weighted by atomic mass is 10.4. The maximum atomic E-state index is 10.5. The highest BCUT2D eigenvalue weighted by molar-refractivity contribution is 7.86. The van der Waals surface area contributed by atoms with E-state index in [1.165, 1.54) is 4.90 Å². The highest BCUT2D eigenvalue weighted by atomic mass is 32.2. The lowest BCUT2D eigenvalue weighted by Crippen LogP contribution is -2.33. The fourth-order valence-corrected chi connectivity index (χ4v) is 2.17. The van der Waals surface area contributed by atoms with Crippen molar-refractivity contribution in [3.8, 4) is 0 Å². The average Bonchev–Trinajstić information content (AvgIpc) is 2.11. The lowest BCUT2D eigenvalue weighted by Gasteiger charge is -2.19. The highest BCUT2D eigenvalue weighted by Crippen LogP contribution is 1.96. The van der Waals surface area contributed by atoms with Gasteiger partial charge in [0.25, 0.3) is 20.2 Å². The van der Waals surface area contributed by atoms with Gasteiger partial charge in [-0.3, -0.25) is 14.0 Å². The molecule has 0 heterocycles. The molecule has 0 saturated carbocycles. The van der Waals surface area contributed by atoms with Crippen molar-refractivity contribution in [3.63, 3.8) is 0 Å². The number of nitrogens with zero attached hydrogens (tertiary/aromatic N) is 1. The van der Waals surface area contributed by atoms with Crippen molar-refractivity contribution in [2.75, 3.05) is 37.7 Å². The molecule has 0 fully saturated rings. The van der Waals surface area contributed by atoms with Crippen LogP contribution in [0.25, 0.3) is 0 Å². The Morgan fingerprint density at radius 3 is 1.76 bits per heavy atom. The van der Waals surface area contributed by atoms with Gasteiger partial charge in [-0.25, -0.2) is 0 Å². The van der Waals surface area contributed by atoms with Gasteiger partial charge in [-0.05, 0) is 13.0 Å². The third kappa shape index (κ3) is 12.0. The molecule has 0 atom stereocenters. The number of aliphatic hydroxyl groups excluding tert-OH is 1. The van der Waals surface area contributed by atoms with Crippen molar-refractivity contribution in [3.05, 3.63) is 0 Å². The van der Waals surface area contributed by atoms with Crippen LogP contribution in [0.2, 0.25) is 0 Å². The zero-order valence-electron chi connectivity index (χ0n) is 9.19. The molecule has 3 N–H and O–H groups in total. The summed E-state index contributed by atoms with van der Waals surface area (Å²) >= 11 is 0. The van der Waals surface area contributed by atoms with Gasteiger partial charge in [-0.2, -0.15) is 16.8 Å². The first kappa shape index (κ1) is 16.7. The summed E-state index contributed by atoms with van der Waals surface area (Å²) in [5.74, 6) is -0.917. The Kier molecular flexibility index (Phi) is 7.13. The SMILES string of the molecule is O=S(=O)(O)CCCN(CCO)CCS(=O)(=O)O. The molecule has 0 radical (unpaired) electrons. The van der Waals surface area contributed by atoms with E-state index < -0.39 is 31.7 Å². The van der Waals surface area contributed by atoms with E-state index in [9.17, 15) is 16.8 Å². The molecule has 0 spiro atoms. The number of rotatable bonds is 9. The van der Waals surface area contributed by atoms with E-state index in [1.807, 2.05) is 0 Å². The van der Waals surface area contributed by atoms with Crippen molar-refractivity contribution >= 4 is 20.2 Å². The Morgan fingerprint density at radius 1 is 0.824 bits per heavy atom. The van der Waals surface area contributed by atoms with Crippen molar-refractivity contribution < 1.29 is 31.0 Å². The summed E-state index contributed by atoms with van der Waals surface area (Å²) in [5, 5.41) is 8.70. The summed E-state index contributed by atoms with van der Waals surface area (Å²) in [4.78, 5) is 1.49. The third-order valence-electron chi connectivity index (χ3n) is 1.96. The van der Waals surface area contributed by atoms with Crippen molar-refractivity contribution in [2.24, 2.45) is 0 Å². The van der Waals surface area contributed by atoms with Gasteiger partial charge in [-0.15, -0.1) is 0 Å². The summed E-state index contributed by atoms with van der Waals surface area (Å²) in [6, 6.07) is 0. The van der Waals surface area contributed by atoms with Crippen LogP contribution >= 0.6 is 0 Å². The van der Waals surface area contributed by atoms with Crippen LogP contribution in [0.3, 0.4) is 0 Å². The van der Waals surface area contributed by atoms with Crippen molar-refractivity contribution in [1.29, 1.82) is 0 Å². The van der Waals surface area contributed by atoms with Gasteiger partial charge in [0.15, 0.2) is 0 Å². The largest absolute Gasteiger partial charge is 0.395 e. The van der Waals surface area contributed by atoms with Crippen LogP contribution < -0.4 is 0 Å². The van der Waals surface area contributed by atoms with E-state index >= 15 is 0 Å². The van der Waals surface area contributed by atoms with Crippen LogP contribution in [0.5, 0.6) is 0 Å². The Bertz CT molecular complexity index is 402. The zero-order valence-corrected chi connectivity index (χ0v) is 10.8. The molecule has 0 aliphatic carbocycles. The summed E-state index contributed by atoms with van der Waals surface area (Å²) in [7, 11) is -8.12. The minimum Gasteiger partial charge on any atom is -0.395 e. The summed E-state index contributed by atoms with van der Waals surface area (Å²) < 4.78 is 58.9. The van der Waals surface area contributed by atoms with Gasteiger partial charge in [-0.1, -0.05) is 0 Å². The maximum absolute atomic E-state index is 10.5. The Balaban J connectivity index is 4.07. The first-order chi connectivity index (χ1) is 7.64. The second-order valence-electron chi connectivity index (χ2n) is 3.49. The molecule has 8 nitrogen and oxygen atoms in total. The molecule has 0 aromatic heterocycles. The van der Waals surface area contributed by atoms with Crippen molar-refractivity contribution in [1.82, 2.24) is 4.90 Å². The van der Waals surface area contributed by atoms with Gasteiger partial charge in [0.2, 0.25) is 0 Å². The molecule has 17 heavy (non-hydrogen) atoms. The Hall–Kier alpha value is -0.260. The minimum atomic E-state index is -4.08. The molecule has 0 amide bonds. The van der Waals surface area contributed by atoms with Gasteiger partial charge < -0.3 is 5.11 Å². The summed E-state index contributed by atoms with van der Waals surface area (Å²) in [6.07, 6.45) is 0.115. The van der Waals surface area contributed by atoms with Crippen LogP contribution in [0.4, 0.5) is 0 Å². The molecular weight excluding hydrogens is 274 g/mol. The topological polar surface area (TPSA) is 132 Å². The van der Waals surface area contributed by atoms with Gasteiger partial charge in [0.1, 0.15) is 0 Å². The second-order valence-corrected chi connectivity index (χ2v) is 6.64.